The molecule has 1 heterocycles. The summed E-state index contributed by atoms with van der Waals surface area (Å²) in [6.07, 6.45) is 6.02. The van der Waals surface area contributed by atoms with Crippen LogP contribution in [0.2, 0.25) is 0 Å². The molecule has 0 saturated heterocycles. The maximum atomic E-state index is 5.75. The summed E-state index contributed by atoms with van der Waals surface area (Å²) in [5.74, 6) is 7.32. The van der Waals surface area contributed by atoms with Crippen LogP contribution < -0.4 is 11.3 Å². The van der Waals surface area contributed by atoms with E-state index in [1.54, 1.807) is 6.26 Å². The van der Waals surface area contributed by atoms with Crippen LogP contribution in [0.5, 0.6) is 0 Å². The minimum Gasteiger partial charge on any atom is -0.469 e. The maximum Gasteiger partial charge on any atom is 0.105 e. The molecule has 3 N–H and O–H groups in total. The fourth-order valence-corrected chi connectivity index (χ4v) is 3.08. The largest absolute Gasteiger partial charge is 0.469 e. The summed E-state index contributed by atoms with van der Waals surface area (Å²) in [5, 5.41) is 0. The molecule has 1 aromatic carbocycles. The van der Waals surface area contributed by atoms with Gasteiger partial charge in [0.1, 0.15) is 5.76 Å². The summed E-state index contributed by atoms with van der Waals surface area (Å²) < 4.78 is 5.43. The van der Waals surface area contributed by atoms with Crippen molar-refractivity contribution in [2.24, 2.45) is 11.8 Å². The van der Waals surface area contributed by atoms with Gasteiger partial charge in [-0.25, -0.2) is 0 Å². The van der Waals surface area contributed by atoms with E-state index in [0.717, 1.165) is 25.0 Å². The molecule has 100 valence electrons. The van der Waals surface area contributed by atoms with Gasteiger partial charge in [-0.1, -0.05) is 24.3 Å². The van der Waals surface area contributed by atoms with Gasteiger partial charge in [0.25, 0.3) is 0 Å². The van der Waals surface area contributed by atoms with Crippen LogP contribution in [0.3, 0.4) is 0 Å². The van der Waals surface area contributed by atoms with Gasteiger partial charge in [0.2, 0.25) is 0 Å². The molecule has 3 heteroatoms. The summed E-state index contributed by atoms with van der Waals surface area (Å²) in [7, 11) is 0. The van der Waals surface area contributed by atoms with Crippen LogP contribution in [0.25, 0.3) is 0 Å². The van der Waals surface area contributed by atoms with Gasteiger partial charge in [-0.05, 0) is 48.4 Å². The molecule has 2 atom stereocenters. The highest BCUT2D eigenvalue weighted by atomic mass is 16.3. The smallest absolute Gasteiger partial charge is 0.105 e. The molecule has 0 spiro atoms. The normalized spacial score (nSPS) is 19.9. The van der Waals surface area contributed by atoms with Crippen LogP contribution >= 0.6 is 0 Å². The molecule has 0 fully saturated rings. The van der Waals surface area contributed by atoms with E-state index in [2.05, 4.69) is 29.7 Å². The van der Waals surface area contributed by atoms with Gasteiger partial charge in [0.05, 0.1) is 6.26 Å². The van der Waals surface area contributed by atoms with E-state index in [9.17, 15) is 0 Å². The van der Waals surface area contributed by atoms with Crippen molar-refractivity contribution in [3.63, 3.8) is 0 Å². The van der Waals surface area contributed by atoms with Crippen molar-refractivity contribution in [3.8, 4) is 0 Å². The van der Waals surface area contributed by atoms with Crippen molar-refractivity contribution < 1.29 is 4.42 Å². The minimum atomic E-state index is 0.277. The Labute approximate surface area is 113 Å². The number of nitrogens with two attached hydrogens (primary N) is 1. The molecule has 3 nitrogen and oxygen atoms in total. The number of rotatable bonds is 4. The van der Waals surface area contributed by atoms with Crippen molar-refractivity contribution in [2.75, 3.05) is 0 Å². The molecule has 2 aromatic rings. The molecule has 0 radical (unpaired) electrons. The first-order chi connectivity index (χ1) is 9.36. The summed E-state index contributed by atoms with van der Waals surface area (Å²) in [5.41, 5.74) is 5.94. The highest BCUT2D eigenvalue weighted by Crippen LogP contribution is 2.28. The Hall–Kier alpha value is -1.58. The molecular weight excluding hydrogens is 236 g/mol. The molecule has 0 amide bonds. The summed E-state index contributed by atoms with van der Waals surface area (Å²) in [6, 6.07) is 12.9. The monoisotopic (exact) mass is 256 g/mol. The van der Waals surface area contributed by atoms with E-state index in [1.165, 1.54) is 17.5 Å². The Balaban J connectivity index is 1.72. The molecule has 0 saturated carbocycles. The van der Waals surface area contributed by atoms with Gasteiger partial charge in [-0.15, -0.1) is 0 Å². The third kappa shape index (κ3) is 2.72. The van der Waals surface area contributed by atoms with Crippen LogP contribution in [0.1, 0.15) is 23.3 Å². The Kier molecular flexibility index (Phi) is 3.67. The zero-order valence-corrected chi connectivity index (χ0v) is 11.0. The number of hydrogen-bond acceptors (Lipinski definition) is 3. The first kappa shape index (κ1) is 12.5. The van der Waals surface area contributed by atoms with Gasteiger partial charge >= 0.3 is 0 Å². The predicted octanol–water partition coefficient (Wildman–Crippen LogP) is 2.46. The average Bonchev–Trinajstić information content (AvgIpc) is 2.97. The van der Waals surface area contributed by atoms with Crippen molar-refractivity contribution in [2.45, 2.75) is 31.7 Å². The first-order valence-corrected chi connectivity index (χ1v) is 6.92. The number of hydrogen-bond donors (Lipinski definition) is 2. The van der Waals surface area contributed by atoms with Crippen molar-refractivity contribution >= 4 is 0 Å². The molecule has 2 unspecified atom stereocenters. The summed E-state index contributed by atoms with van der Waals surface area (Å²) in [6.45, 7) is 0. The Morgan fingerprint density at radius 1 is 1.21 bits per heavy atom. The minimum absolute atomic E-state index is 0.277. The molecule has 0 aliphatic heterocycles. The average molecular weight is 256 g/mol. The van der Waals surface area contributed by atoms with Crippen molar-refractivity contribution in [1.82, 2.24) is 5.43 Å². The van der Waals surface area contributed by atoms with E-state index >= 15 is 0 Å². The molecular formula is C16H20N2O. The number of hydrazine groups is 1. The van der Waals surface area contributed by atoms with Gasteiger partial charge in [0.15, 0.2) is 0 Å². The zero-order valence-electron chi connectivity index (χ0n) is 11.0. The predicted molar refractivity (Wildman–Crippen MR) is 75.5 cm³/mol. The lowest BCUT2D eigenvalue weighted by molar-refractivity contribution is 0.306. The second-order valence-corrected chi connectivity index (χ2v) is 5.33. The molecule has 1 aliphatic rings. The van der Waals surface area contributed by atoms with Gasteiger partial charge in [0, 0.05) is 12.5 Å². The highest BCUT2D eigenvalue weighted by Gasteiger charge is 2.26. The van der Waals surface area contributed by atoms with Crippen LogP contribution in [-0.2, 0) is 19.3 Å². The lowest BCUT2D eigenvalue weighted by Gasteiger charge is -2.30. The lowest BCUT2D eigenvalue weighted by Crippen LogP contribution is -2.44. The van der Waals surface area contributed by atoms with E-state index in [4.69, 9.17) is 10.3 Å². The highest BCUT2D eigenvalue weighted by molar-refractivity contribution is 5.30. The van der Waals surface area contributed by atoms with Crippen LogP contribution in [0, 0.1) is 5.92 Å². The van der Waals surface area contributed by atoms with E-state index in [0.29, 0.717) is 5.92 Å². The number of benzene rings is 1. The quantitative estimate of drug-likeness (QED) is 0.652. The second kappa shape index (κ2) is 5.59. The third-order valence-electron chi connectivity index (χ3n) is 4.17. The standard InChI is InChI=1S/C16H20N2O/c17-18-16(11-15-6-3-9-19-15)14-8-7-12-4-1-2-5-13(12)10-14/h1-6,9,14,16,18H,7-8,10-11,17H2. The van der Waals surface area contributed by atoms with Gasteiger partial charge in [-0.2, -0.15) is 0 Å². The Bertz CT molecular complexity index is 521. The fourth-order valence-electron chi connectivity index (χ4n) is 3.08. The zero-order chi connectivity index (χ0) is 13.1. The van der Waals surface area contributed by atoms with E-state index < -0.39 is 0 Å². The molecule has 0 bridgehead atoms. The maximum absolute atomic E-state index is 5.75. The van der Waals surface area contributed by atoms with Gasteiger partial charge < -0.3 is 4.42 Å². The fraction of sp³-hybridized carbons (Fsp3) is 0.375. The lowest BCUT2D eigenvalue weighted by atomic mass is 9.79. The molecule has 1 aliphatic carbocycles. The number of aryl methyl sites for hydroxylation is 1. The Morgan fingerprint density at radius 2 is 2.05 bits per heavy atom. The van der Waals surface area contributed by atoms with Crippen molar-refractivity contribution in [3.05, 3.63) is 59.5 Å². The Morgan fingerprint density at radius 3 is 2.79 bits per heavy atom. The molecule has 3 rings (SSSR count). The van der Waals surface area contributed by atoms with Crippen LogP contribution in [-0.4, -0.2) is 6.04 Å². The molecule has 1 aromatic heterocycles. The topological polar surface area (TPSA) is 51.2 Å². The second-order valence-electron chi connectivity index (χ2n) is 5.33. The van der Waals surface area contributed by atoms with E-state index in [-0.39, 0.29) is 6.04 Å². The number of nitrogens with one attached hydrogen (secondary N) is 1. The number of furan rings is 1. The van der Waals surface area contributed by atoms with Crippen LogP contribution in [0.15, 0.2) is 47.1 Å². The number of fused-ring (bicyclic) bond motifs is 1. The van der Waals surface area contributed by atoms with Gasteiger partial charge in [-0.3, -0.25) is 11.3 Å². The third-order valence-corrected chi connectivity index (χ3v) is 4.17. The van der Waals surface area contributed by atoms with Crippen LogP contribution in [0.4, 0.5) is 0 Å². The van der Waals surface area contributed by atoms with Crippen molar-refractivity contribution in [1.29, 1.82) is 0 Å². The summed E-state index contributed by atoms with van der Waals surface area (Å²) in [4.78, 5) is 0. The summed E-state index contributed by atoms with van der Waals surface area (Å²) >= 11 is 0. The molecule has 19 heavy (non-hydrogen) atoms. The SMILES string of the molecule is NNC(Cc1ccco1)C1CCc2ccccc2C1. The van der Waals surface area contributed by atoms with E-state index in [1.807, 2.05) is 12.1 Å². The first-order valence-electron chi connectivity index (χ1n) is 6.92.